The summed E-state index contributed by atoms with van der Waals surface area (Å²) in [4.78, 5) is 5.23. The number of rotatable bonds is 8. The van der Waals surface area contributed by atoms with E-state index in [9.17, 15) is 0 Å². The Labute approximate surface area is 267 Å². The summed E-state index contributed by atoms with van der Waals surface area (Å²) < 4.78 is 0.301. The lowest BCUT2D eigenvalue weighted by molar-refractivity contribution is 1.08. The molecule has 31 heavy (non-hydrogen) atoms. The molecule has 1 heterocycles. The number of thiol groups is 1. The van der Waals surface area contributed by atoms with Crippen molar-refractivity contribution in [3.8, 4) is 0 Å². The van der Waals surface area contributed by atoms with E-state index in [0.717, 1.165) is 0 Å². The minimum Gasteiger partial charge on any atom is -0.271 e. The summed E-state index contributed by atoms with van der Waals surface area (Å²) in [5.74, 6) is 0. The van der Waals surface area contributed by atoms with Gasteiger partial charge in [-0.25, -0.2) is 27.4 Å². The van der Waals surface area contributed by atoms with Crippen LogP contribution < -0.4 is 0 Å². The van der Waals surface area contributed by atoms with Crippen LogP contribution >= 0.6 is 23.0 Å². The summed E-state index contributed by atoms with van der Waals surface area (Å²) in [5.41, 5.74) is 0. The Morgan fingerprint density at radius 3 is 1.48 bits per heavy atom. The summed E-state index contributed by atoms with van der Waals surface area (Å²) in [6.45, 7) is 1.75. The molecular formula is C4H4NS26-. The molecule has 1 rings (SSSR count). The van der Waals surface area contributed by atoms with Crippen LogP contribution in [0.25, 0.3) is 0 Å². The van der Waals surface area contributed by atoms with Gasteiger partial charge in [0.25, 0.3) is 0 Å². The molecule has 0 radical (unpaired) electrons. The Bertz CT molecular complexity index is 1750. The Hall–Kier alpha value is 6.30. The average molecular weight is 900 g/mol. The van der Waals surface area contributed by atoms with Crippen molar-refractivity contribution in [3.05, 3.63) is 4.88 Å². The first-order valence-electron chi connectivity index (χ1n) is 5.86. The molecule has 0 unspecified atom stereocenters. The van der Waals surface area contributed by atoms with Gasteiger partial charge >= 0.3 is 0 Å². The van der Waals surface area contributed by atoms with Gasteiger partial charge in [0.1, 0.15) is 5.03 Å². The number of thiazole rings is 1. The third-order valence-corrected chi connectivity index (χ3v) is 116. The van der Waals surface area contributed by atoms with Gasteiger partial charge in [-0.15, -0.1) is 11.3 Å². The molecule has 0 aliphatic rings. The molecule has 0 atom stereocenters. The minimum absolute atomic E-state index is 0.301. The molecule has 0 spiro atoms. The first-order chi connectivity index (χ1) is 13.3. The minimum atomic E-state index is -2.85. The van der Waals surface area contributed by atoms with E-state index in [1.54, 1.807) is 6.92 Å². The van der Waals surface area contributed by atoms with E-state index in [0.29, 0.717) is 14.2 Å². The zero-order valence-corrected chi connectivity index (χ0v) is 34.9. The Balaban J connectivity index is 4.00. The van der Waals surface area contributed by atoms with Crippen molar-refractivity contribution in [2.24, 2.45) is 0 Å². The van der Waals surface area contributed by atoms with Gasteiger partial charge in [-0.2, -0.15) is 0 Å². The molecule has 0 aliphatic carbocycles. The Morgan fingerprint density at radius 2 is 1.13 bits per heavy atom. The van der Waals surface area contributed by atoms with E-state index >= 15 is 0 Å². The van der Waals surface area contributed by atoms with Gasteiger partial charge in [0.15, 0.2) is 4.34 Å². The van der Waals surface area contributed by atoms with Crippen LogP contribution in [0.15, 0.2) is 9.37 Å². The average Bonchev–Trinajstić information content (AvgIpc) is 2.96. The predicted octanol–water partition coefficient (Wildman–Crippen LogP) is 1.59. The van der Waals surface area contributed by atoms with E-state index in [1.807, 2.05) is 0 Å². The highest BCUT2D eigenvalue weighted by Gasteiger charge is 2.33. The first kappa shape index (κ1) is 35.3. The van der Waals surface area contributed by atoms with Gasteiger partial charge in [0.05, 0.1) is 0 Å². The van der Waals surface area contributed by atoms with Gasteiger partial charge in [-0.05, 0) is 141 Å². The quantitative estimate of drug-likeness (QED) is 0.231. The number of nitrogens with zero attached hydrogens (tertiary/aromatic N) is 1. The molecule has 1 nitrogen and oxygen atoms in total. The molecule has 0 bridgehead atoms. The molecule has 1 aromatic rings. The smallest absolute Gasteiger partial charge is 0.170 e. The summed E-state index contributed by atoms with van der Waals surface area (Å²) in [5, 5.41) is -13.3. The predicted molar refractivity (Wildman–Crippen MR) is 209 cm³/mol. The second kappa shape index (κ2) is 11.7. The van der Waals surface area contributed by atoms with Crippen molar-refractivity contribution in [2.45, 2.75) is 16.3 Å². The van der Waals surface area contributed by atoms with Gasteiger partial charge in [0.2, 0.25) is 0 Å². The van der Waals surface area contributed by atoms with Crippen LogP contribution in [0, 0.1) is 6.92 Å². The highest BCUT2D eigenvalue weighted by molar-refractivity contribution is 9.56. The molecular weight excluding hydrogens is 896 g/mol. The maximum Gasteiger partial charge on any atom is 0.170 e. The topological polar surface area (TPSA) is 12.9 Å². The molecule has 0 N–H and O–H groups in total. The van der Waals surface area contributed by atoms with Crippen molar-refractivity contribution < 1.29 is 0 Å². The monoisotopic (exact) mass is 897 g/mol. The zero-order chi connectivity index (χ0) is 25.2. The second-order valence-electron chi connectivity index (χ2n) is 4.51. The highest BCUT2D eigenvalue weighted by Crippen LogP contribution is 2.37. The fraction of sp³-hybridized carbons (Fsp3) is 0.250. The molecule has 0 aliphatic heterocycles. The molecule has 0 aromatic carbocycles. The maximum absolute atomic E-state index is 5.75. The standard InChI is InChI=1S/C4H4NS26/c1-2-3(25(8,9)29(17,18)28(15,16)24(6)7)5-4(23-2)26(10,11)30(19,20)31(21,22)27(12,13)14/h1H3,(H,12,13,14)/q-1. The third kappa shape index (κ3) is 6.46. The van der Waals surface area contributed by atoms with Gasteiger partial charge < -0.3 is 0 Å². The van der Waals surface area contributed by atoms with E-state index in [-0.39, 0.29) is 0 Å². The fourth-order valence-electron chi connectivity index (χ4n) is 1.27. The van der Waals surface area contributed by atoms with Crippen molar-refractivity contribution in [2.75, 3.05) is 0 Å². The number of hydrogen-bond donors (Lipinski definition) is 1. The Kier molecular flexibility index (Phi) is 13.3. The van der Waals surface area contributed by atoms with Crippen LogP contribution in [0.5, 0.6) is 0 Å². The van der Waals surface area contributed by atoms with Crippen LogP contribution in [-0.2, 0) is 224 Å². The lowest BCUT2D eigenvalue weighted by Crippen LogP contribution is -2.23. The fourth-order valence-corrected chi connectivity index (χ4v) is 95.7. The van der Waals surface area contributed by atoms with Crippen molar-refractivity contribution in [1.82, 2.24) is 4.98 Å². The van der Waals surface area contributed by atoms with Crippen molar-refractivity contribution in [1.29, 1.82) is 0 Å². The van der Waals surface area contributed by atoms with Gasteiger partial charge in [-0.3, -0.25) is 7.05 Å². The van der Waals surface area contributed by atoms with Crippen LogP contribution in [0.1, 0.15) is 4.88 Å². The number of aromatic nitrogens is 1. The molecule has 182 valence electrons. The molecule has 27 heteroatoms. The molecule has 0 amide bonds. The maximum atomic E-state index is 5.75. The lowest BCUT2D eigenvalue weighted by atomic mass is 10.6. The zero-order valence-electron chi connectivity index (χ0n) is 13.6. The number of aryl methyl sites for hydroxylation is 1. The largest absolute Gasteiger partial charge is 0.271 e. The van der Waals surface area contributed by atoms with Crippen molar-refractivity contribution in [3.63, 3.8) is 0 Å². The van der Waals surface area contributed by atoms with Gasteiger partial charge in [-0.1, -0.05) is 39.2 Å². The van der Waals surface area contributed by atoms with Gasteiger partial charge in [0, 0.05) is 38.1 Å². The van der Waals surface area contributed by atoms with E-state index < -0.39 is 45.5 Å². The van der Waals surface area contributed by atoms with E-state index in [4.69, 9.17) is 179 Å². The summed E-state index contributed by atoms with van der Waals surface area (Å²) in [7, 11) is -1.22. The first-order valence-corrected chi connectivity index (χ1v) is 38.3. The second-order valence-corrected chi connectivity index (χ2v) is 80.2. The summed E-state index contributed by atoms with van der Waals surface area (Å²) in [6.07, 6.45) is -5.58. The third-order valence-electron chi connectivity index (χ3n) is 2.65. The van der Waals surface area contributed by atoms with E-state index in [1.165, 1.54) is 11.3 Å². The molecule has 1 aromatic heterocycles. The highest BCUT2D eigenvalue weighted by atomic mass is 34.2. The van der Waals surface area contributed by atoms with Crippen LogP contribution in [0.4, 0.5) is 0 Å². The van der Waals surface area contributed by atoms with E-state index in [2.05, 4.69) is 16.6 Å². The Morgan fingerprint density at radius 1 is 0.710 bits per heavy atom. The summed E-state index contributed by atoms with van der Waals surface area (Å²) >= 11 is 94.1. The normalized spacial score (nSPS) is 15.2. The lowest BCUT2D eigenvalue weighted by Gasteiger charge is -2.25. The number of hydrogen-bond acceptors (Lipinski definition) is 19. The van der Waals surface area contributed by atoms with Crippen LogP contribution in [0.2, 0.25) is 0 Å². The summed E-state index contributed by atoms with van der Waals surface area (Å²) in [6, 6.07) is 0. The van der Waals surface area contributed by atoms with Crippen molar-refractivity contribution >= 4 is 247 Å². The van der Waals surface area contributed by atoms with Crippen LogP contribution in [0.3, 0.4) is 0 Å². The molecule has 0 saturated carbocycles. The molecule has 0 saturated heterocycles. The molecule has 0 fully saturated rings. The van der Waals surface area contributed by atoms with Crippen LogP contribution in [-0.4, -0.2) is 4.98 Å². The SMILES string of the molecule is Cc1sc(S(=S)(=S)S(=S)(=S)S(=S)(=S)S(=S)(=S)S)nc1S(=S)(=S)S(=S)(=S)S(=S)(=S)[S-](=S)=S.